The quantitative estimate of drug-likeness (QED) is 0.610. The number of nitrogens with one attached hydrogen (secondary N) is 1. The van der Waals surface area contributed by atoms with Crippen molar-refractivity contribution in [3.05, 3.63) is 11.8 Å². The zero-order valence-corrected chi connectivity index (χ0v) is 8.33. The molecule has 1 atom stereocenters. The predicted molar refractivity (Wildman–Crippen MR) is 54.5 cm³/mol. The zero-order valence-electron chi connectivity index (χ0n) is 8.33. The van der Waals surface area contributed by atoms with Crippen molar-refractivity contribution >= 4 is 5.91 Å². The third-order valence-electron chi connectivity index (χ3n) is 2.94. The summed E-state index contributed by atoms with van der Waals surface area (Å²) in [5.41, 5.74) is 6.62. The van der Waals surface area contributed by atoms with Crippen LogP contribution in [-0.2, 0) is 4.79 Å². The molecule has 0 aliphatic carbocycles. The van der Waals surface area contributed by atoms with E-state index < -0.39 is 0 Å². The Bertz CT molecular complexity index is 262. The van der Waals surface area contributed by atoms with E-state index in [1.54, 1.807) is 0 Å². The number of hydrogen-bond acceptors (Lipinski definition) is 3. The van der Waals surface area contributed by atoms with Crippen molar-refractivity contribution in [2.45, 2.75) is 25.3 Å². The van der Waals surface area contributed by atoms with Crippen molar-refractivity contribution in [1.82, 2.24) is 10.2 Å². The van der Waals surface area contributed by atoms with Crippen LogP contribution in [0.1, 0.15) is 19.3 Å². The van der Waals surface area contributed by atoms with Gasteiger partial charge in [-0.1, -0.05) is 6.08 Å². The fourth-order valence-electron chi connectivity index (χ4n) is 2.16. The van der Waals surface area contributed by atoms with Gasteiger partial charge in [-0.15, -0.1) is 0 Å². The second-order valence-electron chi connectivity index (χ2n) is 3.94. The lowest BCUT2D eigenvalue weighted by molar-refractivity contribution is -0.120. The van der Waals surface area contributed by atoms with Crippen LogP contribution in [-0.4, -0.2) is 36.5 Å². The number of hydrogen-bond donors (Lipinski definition) is 2. The summed E-state index contributed by atoms with van der Waals surface area (Å²) in [6.45, 7) is 3.10. The van der Waals surface area contributed by atoms with E-state index in [2.05, 4.69) is 16.3 Å². The lowest BCUT2D eigenvalue weighted by Gasteiger charge is -2.28. The number of carbonyl (C=O) groups is 1. The molecule has 3 N–H and O–H groups in total. The summed E-state index contributed by atoms with van der Waals surface area (Å²) in [7, 11) is 0. The van der Waals surface area contributed by atoms with Crippen LogP contribution in [0.3, 0.4) is 0 Å². The van der Waals surface area contributed by atoms with Gasteiger partial charge in [0.05, 0.1) is 6.04 Å². The van der Waals surface area contributed by atoms with Crippen LogP contribution in [0.4, 0.5) is 0 Å². The van der Waals surface area contributed by atoms with Gasteiger partial charge in [-0.05, 0) is 19.4 Å². The van der Waals surface area contributed by atoms with E-state index in [0.717, 1.165) is 38.9 Å². The molecule has 2 aliphatic rings. The Morgan fingerprint density at radius 1 is 1.57 bits per heavy atom. The molecular weight excluding hydrogens is 178 g/mol. The van der Waals surface area contributed by atoms with Gasteiger partial charge < -0.3 is 16.0 Å². The molecule has 2 rings (SSSR count). The van der Waals surface area contributed by atoms with Crippen molar-refractivity contribution in [1.29, 1.82) is 0 Å². The molecule has 0 bridgehead atoms. The highest BCUT2D eigenvalue weighted by atomic mass is 16.1. The van der Waals surface area contributed by atoms with E-state index >= 15 is 0 Å². The lowest BCUT2D eigenvalue weighted by Crippen LogP contribution is -2.45. The maximum absolute atomic E-state index is 11.1. The average Bonchev–Trinajstić information content (AvgIpc) is 2.50. The fourth-order valence-corrected chi connectivity index (χ4v) is 2.16. The fraction of sp³-hybridized carbons (Fsp3) is 0.700. The molecular formula is C10H17N3O. The van der Waals surface area contributed by atoms with E-state index in [9.17, 15) is 4.79 Å². The summed E-state index contributed by atoms with van der Waals surface area (Å²) in [4.78, 5) is 13.5. The summed E-state index contributed by atoms with van der Waals surface area (Å²) in [5, 5.41) is 3.19. The highest BCUT2D eigenvalue weighted by Gasteiger charge is 2.23. The number of primary amides is 1. The normalized spacial score (nSPS) is 27.6. The second kappa shape index (κ2) is 4.00. The molecule has 1 amide bonds. The monoisotopic (exact) mass is 195 g/mol. The van der Waals surface area contributed by atoms with E-state index in [1.807, 2.05) is 0 Å². The van der Waals surface area contributed by atoms with E-state index in [4.69, 9.17) is 5.73 Å². The first-order valence-electron chi connectivity index (χ1n) is 5.24. The number of carbonyl (C=O) groups excluding carboxylic acids is 1. The van der Waals surface area contributed by atoms with E-state index in [1.165, 1.54) is 5.70 Å². The molecule has 0 radical (unpaired) electrons. The average molecular weight is 195 g/mol. The molecule has 1 unspecified atom stereocenters. The van der Waals surface area contributed by atoms with Gasteiger partial charge >= 0.3 is 0 Å². The zero-order chi connectivity index (χ0) is 9.97. The predicted octanol–water partition coefficient (Wildman–Crippen LogP) is -0.187. The topological polar surface area (TPSA) is 58.4 Å². The molecule has 0 aromatic carbocycles. The second-order valence-corrected chi connectivity index (χ2v) is 3.94. The third kappa shape index (κ3) is 1.90. The Morgan fingerprint density at radius 2 is 2.43 bits per heavy atom. The summed E-state index contributed by atoms with van der Waals surface area (Å²) in [6.07, 6.45) is 5.18. The Morgan fingerprint density at radius 3 is 3.21 bits per heavy atom. The van der Waals surface area contributed by atoms with Gasteiger partial charge in [-0.2, -0.15) is 0 Å². The van der Waals surface area contributed by atoms with E-state index in [-0.39, 0.29) is 11.9 Å². The van der Waals surface area contributed by atoms with Crippen molar-refractivity contribution in [2.75, 3.05) is 19.6 Å². The Labute approximate surface area is 84.1 Å². The minimum absolute atomic E-state index is 0.179. The van der Waals surface area contributed by atoms with Gasteiger partial charge in [0, 0.05) is 25.2 Å². The minimum atomic E-state index is -0.236. The van der Waals surface area contributed by atoms with Gasteiger partial charge in [0.15, 0.2) is 0 Å². The standard InChI is InChI=1S/C10H17N3O/c11-10(14)9-7-8-3-1-5-13(8)6-2-4-12-9/h3,9,12H,1-2,4-7H2,(H2,11,14). The third-order valence-corrected chi connectivity index (χ3v) is 2.94. The summed E-state index contributed by atoms with van der Waals surface area (Å²) >= 11 is 0. The number of rotatable bonds is 1. The van der Waals surface area contributed by atoms with Crippen molar-refractivity contribution in [3.8, 4) is 0 Å². The maximum Gasteiger partial charge on any atom is 0.234 e. The molecule has 78 valence electrons. The maximum atomic E-state index is 11.1. The van der Waals surface area contributed by atoms with Crippen LogP contribution in [0.25, 0.3) is 0 Å². The number of fused-ring (bicyclic) bond motifs is 1. The molecule has 14 heavy (non-hydrogen) atoms. The Hall–Kier alpha value is -1.03. The summed E-state index contributed by atoms with van der Waals surface area (Å²) in [6, 6.07) is -0.179. The van der Waals surface area contributed by atoms with Crippen LogP contribution in [0.2, 0.25) is 0 Å². The molecule has 2 heterocycles. The van der Waals surface area contributed by atoms with Crippen LogP contribution in [0.15, 0.2) is 11.8 Å². The smallest absolute Gasteiger partial charge is 0.234 e. The van der Waals surface area contributed by atoms with Gasteiger partial charge in [-0.3, -0.25) is 4.79 Å². The van der Waals surface area contributed by atoms with Crippen molar-refractivity contribution in [2.24, 2.45) is 5.73 Å². The molecule has 2 aliphatic heterocycles. The van der Waals surface area contributed by atoms with Crippen LogP contribution in [0, 0.1) is 0 Å². The first-order valence-corrected chi connectivity index (χ1v) is 5.24. The summed E-state index contributed by atoms with van der Waals surface area (Å²) < 4.78 is 0. The number of nitrogens with zero attached hydrogens (tertiary/aromatic N) is 1. The van der Waals surface area contributed by atoms with Gasteiger partial charge in [0.25, 0.3) is 0 Å². The SMILES string of the molecule is NC(=O)C1CC2=CCCN2CCCN1. The van der Waals surface area contributed by atoms with E-state index in [0.29, 0.717) is 0 Å². The molecule has 1 saturated heterocycles. The molecule has 4 nitrogen and oxygen atoms in total. The largest absolute Gasteiger partial charge is 0.375 e. The van der Waals surface area contributed by atoms with Crippen molar-refractivity contribution in [3.63, 3.8) is 0 Å². The van der Waals surface area contributed by atoms with Crippen LogP contribution in [0.5, 0.6) is 0 Å². The number of nitrogens with two attached hydrogens (primary N) is 1. The van der Waals surface area contributed by atoms with Crippen molar-refractivity contribution < 1.29 is 4.79 Å². The lowest BCUT2D eigenvalue weighted by atomic mass is 10.1. The van der Waals surface area contributed by atoms with Gasteiger partial charge in [0.2, 0.25) is 5.91 Å². The first-order chi connectivity index (χ1) is 6.77. The summed E-state index contributed by atoms with van der Waals surface area (Å²) in [5.74, 6) is -0.236. The molecule has 4 heteroatoms. The molecule has 0 aromatic rings. The Balaban J connectivity index is 2.06. The molecule has 0 spiro atoms. The molecule has 1 fully saturated rings. The molecule has 0 saturated carbocycles. The van der Waals surface area contributed by atoms with Crippen LogP contribution < -0.4 is 11.1 Å². The van der Waals surface area contributed by atoms with Gasteiger partial charge in [0.1, 0.15) is 0 Å². The minimum Gasteiger partial charge on any atom is -0.375 e. The highest BCUT2D eigenvalue weighted by molar-refractivity contribution is 5.80. The van der Waals surface area contributed by atoms with Gasteiger partial charge in [-0.25, -0.2) is 0 Å². The highest BCUT2D eigenvalue weighted by Crippen LogP contribution is 2.21. The Kier molecular flexibility index (Phi) is 2.72. The molecule has 0 aromatic heterocycles. The van der Waals surface area contributed by atoms with Crippen LogP contribution >= 0.6 is 0 Å². The number of amides is 1. The first kappa shape index (κ1) is 9.52.